The fourth-order valence-electron chi connectivity index (χ4n) is 8.71. The molecule has 6 aliphatic rings. The molecule has 4 aliphatic carbocycles. The highest BCUT2D eigenvalue weighted by molar-refractivity contribution is 6.25. The second kappa shape index (κ2) is 10.1. The van der Waals surface area contributed by atoms with Crippen molar-refractivity contribution >= 4 is 29.3 Å². The fraction of sp³-hybridized carbons (Fsp3) is 0.562. The van der Waals surface area contributed by atoms with Gasteiger partial charge in [-0.1, -0.05) is 6.07 Å². The Labute approximate surface area is 239 Å². The van der Waals surface area contributed by atoms with E-state index in [4.69, 9.17) is 9.15 Å². The first-order valence-electron chi connectivity index (χ1n) is 15.0. The third-order valence-corrected chi connectivity index (χ3v) is 10.2. The summed E-state index contributed by atoms with van der Waals surface area (Å²) in [4.78, 5) is 53.2. The average Bonchev–Trinajstić information content (AvgIpc) is 3.50. The molecule has 1 N–H and O–H groups in total. The molecule has 9 nitrogen and oxygen atoms in total. The highest BCUT2D eigenvalue weighted by Gasteiger charge is 2.50. The molecule has 3 heterocycles. The summed E-state index contributed by atoms with van der Waals surface area (Å²) in [6.45, 7) is 1.52. The Bertz CT molecular complexity index is 1380. The van der Waals surface area contributed by atoms with Crippen molar-refractivity contribution in [2.45, 2.75) is 77.0 Å². The molecule has 4 amide bonds. The maximum atomic E-state index is 13.4. The van der Waals surface area contributed by atoms with E-state index in [1.165, 1.54) is 45.6 Å². The Balaban J connectivity index is 0.946. The SMILES string of the molecule is CN1C(=O)CCC(N2C(=O)c3cccc(NCc4ccc(COCCC56CC7CC(CC(C7)C5)C6)o4)c3C2=O)C1=O. The molecule has 4 bridgehead atoms. The Hall–Kier alpha value is -3.46. The van der Waals surface area contributed by atoms with Crippen molar-refractivity contribution in [3.63, 3.8) is 0 Å². The van der Waals surface area contributed by atoms with E-state index < -0.39 is 23.8 Å². The Morgan fingerprint density at radius 3 is 2.39 bits per heavy atom. The summed E-state index contributed by atoms with van der Waals surface area (Å²) < 4.78 is 12.0. The lowest BCUT2D eigenvalue weighted by atomic mass is 9.49. The largest absolute Gasteiger partial charge is 0.462 e. The monoisotopic (exact) mass is 559 g/mol. The molecule has 2 aliphatic heterocycles. The predicted octanol–water partition coefficient (Wildman–Crippen LogP) is 4.76. The van der Waals surface area contributed by atoms with Crippen LogP contribution in [0.5, 0.6) is 0 Å². The van der Waals surface area contributed by atoms with Gasteiger partial charge in [0.15, 0.2) is 0 Å². The molecule has 9 heteroatoms. The number of likely N-dealkylation sites (N-methyl/N-ethyl adjacent to an activating group) is 1. The number of piperidine rings is 1. The number of fused-ring (bicyclic) bond motifs is 1. The maximum Gasteiger partial charge on any atom is 0.264 e. The van der Waals surface area contributed by atoms with Crippen LogP contribution in [0.15, 0.2) is 34.7 Å². The van der Waals surface area contributed by atoms with Gasteiger partial charge in [-0.25, -0.2) is 0 Å². The Morgan fingerprint density at radius 2 is 1.66 bits per heavy atom. The molecule has 41 heavy (non-hydrogen) atoms. The van der Waals surface area contributed by atoms with Gasteiger partial charge in [-0.3, -0.25) is 29.0 Å². The van der Waals surface area contributed by atoms with Crippen LogP contribution in [0.2, 0.25) is 0 Å². The zero-order valence-corrected chi connectivity index (χ0v) is 23.5. The van der Waals surface area contributed by atoms with E-state index in [-0.39, 0.29) is 29.9 Å². The molecular weight excluding hydrogens is 522 g/mol. The summed E-state index contributed by atoms with van der Waals surface area (Å²) in [5, 5.41) is 3.23. The van der Waals surface area contributed by atoms with Crippen LogP contribution in [-0.4, -0.2) is 53.1 Å². The topological polar surface area (TPSA) is 109 Å². The molecule has 1 aromatic heterocycles. The van der Waals surface area contributed by atoms with E-state index in [1.807, 2.05) is 12.1 Å². The summed E-state index contributed by atoms with van der Waals surface area (Å²) in [6, 6.07) is 7.87. The number of anilines is 1. The number of nitrogens with zero attached hydrogens (tertiary/aromatic N) is 2. The van der Waals surface area contributed by atoms with Crippen molar-refractivity contribution in [2.75, 3.05) is 19.0 Å². The van der Waals surface area contributed by atoms with Gasteiger partial charge < -0.3 is 14.5 Å². The van der Waals surface area contributed by atoms with E-state index >= 15 is 0 Å². The highest BCUT2D eigenvalue weighted by atomic mass is 16.5. The first-order chi connectivity index (χ1) is 19.8. The van der Waals surface area contributed by atoms with E-state index in [1.54, 1.807) is 18.2 Å². The van der Waals surface area contributed by atoms with Crippen molar-refractivity contribution in [1.82, 2.24) is 9.80 Å². The van der Waals surface area contributed by atoms with Gasteiger partial charge in [0.25, 0.3) is 17.7 Å². The second-order valence-corrected chi connectivity index (χ2v) is 13.0. The second-order valence-electron chi connectivity index (χ2n) is 13.0. The number of ether oxygens (including phenoxy) is 1. The maximum absolute atomic E-state index is 13.4. The molecule has 1 aromatic carbocycles. The molecular formula is C32H37N3O6. The lowest BCUT2D eigenvalue weighted by Gasteiger charge is -2.57. The van der Waals surface area contributed by atoms with Gasteiger partial charge in [0.05, 0.1) is 17.7 Å². The van der Waals surface area contributed by atoms with Gasteiger partial charge in [0, 0.05) is 25.8 Å². The number of nitrogens with one attached hydrogen (secondary N) is 1. The summed E-state index contributed by atoms with van der Waals surface area (Å²) in [6.07, 6.45) is 9.93. The molecule has 8 rings (SSSR count). The summed E-state index contributed by atoms with van der Waals surface area (Å²) in [5.74, 6) is 2.42. The van der Waals surface area contributed by atoms with E-state index in [9.17, 15) is 19.2 Å². The van der Waals surface area contributed by atoms with Crippen molar-refractivity contribution in [1.29, 1.82) is 0 Å². The average molecular weight is 560 g/mol. The minimum atomic E-state index is -0.978. The van der Waals surface area contributed by atoms with Gasteiger partial charge in [0.2, 0.25) is 5.91 Å². The predicted molar refractivity (Wildman–Crippen MR) is 149 cm³/mol. The third-order valence-electron chi connectivity index (χ3n) is 10.2. The highest BCUT2D eigenvalue weighted by Crippen LogP contribution is 2.61. The number of hydrogen-bond acceptors (Lipinski definition) is 7. The van der Waals surface area contributed by atoms with Crippen LogP contribution in [-0.2, 0) is 27.5 Å². The molecule has 2 aromatic rings. The van der Waals surface area contributed by atoms with Crippen molar-refractivity contribution in [3.8, 4) is 0 Å². The molecule has 0 spiro atoms. The normalized spacial score (nSPS) is 30.5. The summed E-state index contributed by atoms with van der Waals surface area (Å²) in [7, 11) is 1.38. The van der Waals surface area contributed by atoms with Crippen LogP contribution in [0.4, 0.5) is 5.69 Å². The number of carbonyl (C=O) groups excluding carboxylic acids is 4. The molecule has 0 radical (unpaired) electrons. The van der Waals surface area contributed by atoms with Crippen molar-refractivity contribution in [3.05, 3.63) is 53.0 Å². The van der Waals surface area contributed by atoms with Gasteiger partial charge >= 0.3 is 0 Å². The molecule has 4 saturated carbocycles. The van der Waals surface area contributed by atoms with Crippen LogP contribution in [0, 0.1) is 23.2 Å². The molecule has 5 fully saturated rings. The van der Waals surface area contributed by atoms with E-state index in [0.717, 1.165) is 46.3 Å². The zero-order valence-electron chi connectivity index (χ0n) is 23.5. The molecule has 1 atom stereocenters. The standard InChI is InChI=1S/C32H37N3O6/c1-34-27(36)8-7-26(30(34)38)35-29(37)24-3-2-4-25(28(24)31(35)39)33-17-22-5-6-23(41-22)18-40-10-9-32-14-19-11-20(15-32)13-21(12-19)16-32/h2-6,19-21,26,33H,7-18H2,1H3. The van der Waals surface area contributed by atoms with Crippen LogP contribution in [0.1, 0.15) is 90.0 Å². The minimum absolute atomic E-state index is 0.109. The molecule has 1 unspecified atom stereocenters. The van der Waals surface area contributed by atoms with Gasteiger partial charge in [-0.15, -0.1) is 0 Å². The number of amides is 4. The number of hydrogen-bond donors (Lipinski definition) is 1. The number of imide groups is 2. The minimum Gasteiger partial charge on any atom is -0.462 e. The quantitative estimate of drug-likeness (QED) is 0.349. The van der Waals surface area contributed by atoms with Gasteiger partial charge in [-0.2, -0.15) is 0 Å². The van der Waals surface area contributed by atoms with E-state index in [0.29, 0.717) is 30.0 Å². The Kier molecular flexibility index (Phi) is 6.52. The van der Waals surface area contributed by atoms with Crippen LogP contribution in [0.25, 0.3) is 0 Å². The number of likely N-dealkylation sites (tertiary alicyclic amines) is 1. The van der Waals surface area contributed by atoms with Gasteiger partial charge in [0.1, 0.15) is 24.2 Å². The molecule has 1 saturated heterocycles. The van der Waals surface area contributed by atoms with Crippen LogP contribution < -0.4 is 5.32 Å². The van der Waals surface area contributed by atoms with Crippen molar-refractivity contribution < 1.29 is 28.3 Å². The number of furan rings is 1. The summed E-state index contributed by atoms with van der Waals surface area (Å²) in [5.41, 5.74) is 1.50. The number of benzene rings is 1. The molecule has 216 valence electrons. The zero-order chi connectivity index (χ0) is 28.3. The smallest absolute Gasteiger partial charge is 0.264 e. The fourth-order valence-corrected chi connectivity index (χ4v) is 8.71. The summed E-state index contributed by atoms with van der Waals surface area (Å²) >= 11 is 0. The van der Waals surface area contributed by atoms with E-state index in [2.05, 4.69) is 5.32 Å². The lowest BCUT2D eigenvalue weighted by molar-refractivity contribution is -0.149. The Morgan fingerprint density at radius 1 is 0.951 bits per heavy atom. The van der Waals surface area contributed by atoms with Crippen molar-refractivity contribution in [2.24, 2.45) is 23.2 Å². The lowest BCUT2D eigenvalue weighted by Crippen LogP contribution is -2.54. The van der Waals surface area contributed by atoms with Crippen LogP contribution in [0.3, 0.4) is 0 Å². The number of carbonyl (C=O) groups is 4. The first kappa shape index (κ1) is 26.4. The third kappa shape index (κ3) is 4.68. The van der Waals surface area contributed by atoms with Crippen LogP contribution >= 0.6 is 0 Å². The van der Waals surface area contributed by atoms with Gasteiger partial charge in [-0.05, 0) is 98.8 Å². The first-order valence-corrected chi connectivity index (χ1v) is 15.0. The number of rotatable bonds is 9.